The average molecular weight is 282 g/mol. The fraction of sp³-hybridized carbons (Fsp3) is 0.231. The lowest BCUT2D eigenvalue weighted by molar-refractivity contribution is -0.138. The molecule has 1 aromatic carbocycles. The standard InChI is InChI=1S/C13H12ClNO4/c1-18-11-9(13(17)19-2)12(16)15-10(11)7-3-5-8(14)6-4-7/h3-6,10H,1-2H3,(H,15,16). The van der Waals surface area contributed by atoms with Crippen LogP contribution in [0.5, 0.6) is 0 Å². The molecule has 0 spiro atoms. The lowest BCUT2D eigenvalue weighted by Crippen LogP contribution is -2.24. The lowest BCUT2D eigenvalue weighted by atomic mass is 10.1. The minimum atomic E-state index is -0.717. The Morgan fingerprint density at radius 3 is 2.42 bits per heavy atom. The van der Waals surface area contributed by atoms with E-state index in [0.717, 1.165) is 5.56 Å². The SMILES string of the molecule is COC(=O)C1=C(OC)C(c2ccc(Cl)cc2)NC1=O. The number of esters is 1. The van der Waals surface area contributed by atoms with Crippen LogP contribution in [0, 0.1) is 0 Å². The monoisotopic (exact) mass is 281 g/mol. The molecule has 2 rings (SSSR count). The second-order valence-electron chi connectivity index (χ2n) is 3.89. The van der Waals surface area contributed by atoms with Crippen LogP contribution in [0.4, 0.5) is 0 Å². The number of halogens is 1. The summed E-state index contributed by atoms with van der Waals surface area (Å²) in [7, 11) is 2.62. The van der Waals surface area contributed by atoms with Crippen molar-refractivity contribution in [1.29, 1.82) is 0 Å². The molecule has 1 N–H and O–H groups in total. The summed E-state index contributed by atoms with van der Waals surface area (Å²) in [5, 5.41) is 3.26. The molecule has 6 heteroatoms. The first-order valence-electron chi connectivity index (χ1n) is 5.51. The number of hydrogen-bond acceptors (Lipinski definition) is 4. The molecule has 0 fully saturated rings. The predicted octanol–water partition coefficient (Wildman–Crippen LogP) is 1.58. The molecule has 0 bridgehead atoms. The van der Waals surface area contributed by atoms with Gasteiger partial charge in [0.15, 0.2) is 5.57 Å². The van der Waals surface area contributed by atoms with Crippen molar-refractivity contribution in [2.45, 2.75) is 6.04 Å². The van der Waals surface area contributed by atoms with Crippen molar-refractivity contribution in [1.82, 2.24) is 5.32 Å². The highest BCUT2D eigenvalue weighted by Gasteiger charge is 2.38. The Bertz CT molecular complexity index is 550. The highest BCUT2D eigenvalue weighted by molar-refractivity contribution is 6.30. The first kappa shape index (κ1) is 13.4. The van der Waals surface area contributed by atoms with Gasteiger partial charge in [-0.05, 0) is 17.7 Å². The van der Waals surface area contributed by atoms with Crippen LogP contribution < -0.4 is 5.32 Å². The summed E-state index contributed by atoms with van der Waals surface area (Å²) >= 11 is 5.81. The highest BCUT2D eigenvalue weighted by Crippen LogP contribution is 2.31. The average Bonchev–Trinajstić information content (AvgIpc) is 2.75. The third kappa shape index (κ3) is 2.42. The van der Waals surface area contributed by atoms with Crippen molar-refractivity contribution in [3.8, 4) is 0 Å². The van der Waals surface area contributed by atoms with Gasteiger partial charge in [-0.2, -0.15) is 0 Å². The molecule has 0 saturated heterocycles. The summed E-state index contributed by atoms with van der Waals surface area (Å²) in [4.78, 5) is 23.4. The molecule has 19 heavy (non-hydrogen) atoms. The number of ether oxygens (including phenoxy) is 2. The molecule has 1 atom stereocenters. The van der Waals surface area contributed by atoms with Crippen molar-refractivity contribution in [3.05, 3.63) is 46.2 Å². The van der Waals surface area contributed by atoms with E-state index in [4.69, 9.17) is 16.3 Å². The normalized spacial score (nSPS) is 18.3. The van der Waals surface area contributed by atoms with Gasteiger partial charge >= 0.3 is 5.97 Å². The molecule has 0 radical (unpaired) electrons. The van der Waals surface area contributed by atoms with E-state index in [1.54, 1.807) is 24.3 Å². The second-order valence-corrected chi connectivity index (χ2v) is 4.33. The third-order valence-corrected chi connectivity index (χ3v) is 3.08. The van der Waals surface area contributed by atoms with Crippen LogP contribution in [-0.2, 0) is 19.1 Å². The maximum absolute atomic E-state index is 11.8. The summed E-state index contributed by atoms with van der Waals surface area (Å²) in [6, 6.07) is 6.40. The number of methoxy groups -OCH3 is 2. The van der Waals surface area contributed by atoms with Crippen molar-refractivity contribution in [3.63, 3.8) is 0 Å². The van der Waals surface area contributed by atoms with Crippen LogP contribution >= 0.6 is 11.6 Å². The van der Waals surface area contributed by atoms with E-state index in [9.17, 15) is 9.59 Å². The zero-order valence-electron chi connectivity index (χ0n) is 10.4. The van der Waals surface area contributed by atoms with Crippen molar-refractivity contribution in [2.75, 3.05) is 14.2 Å². The number of amides is 1. The van der Waals surface area contributed by atoms with E-state index in [-0.39, 0.29) is 11.3 Å². The van der Waals surface area contributed by atoms with E-state index >= 15 is 0 Å². The molecule has 1 aliphatic heterocycles. The molecule has 0 saturated carbocycles. The van der Waals surface area contributed by atoms with Gasteiger partial charge in [-0.1, -0.05) is 23.7 Å². The topological polar surface area (TPSA) is 64.6 Å². The Hall–Kier alpha value is -2.01. The van der Waals surface area contributed by atoms with E-state index in [1.807, 2.05) is 0 Å². The predicted molar refractivity (Wildman–Crippen MR) is 68.4 cm³/mol. The van der Waals surface area contributed by atoms with E-state index < -0.39 is 17.9 Å². The highest BCUT2D eigenvalue weighted by atomic mass is 35.5. The molecule has 1 aromatic rings. The minimum absolute atomic E-state index is 0.107. The molecule has 1 aliphatic rings. The zero-order chi connectivity index (χ0) is 14.0. The summed E-state index contributed by atoms with van der Waals surface area (Å²) in [6.07, 6.45) is 0. The minimum Gasteiger partial charge on any atom is -0.497 e. The number of benzene rings is 1. The Labute approximate surface area is 115 Å². The van der Waals surface area contributed by atoms with Gasteiger partial charge in [0.1, 0.15) is 11.8 Å². The Balaban J connectivity index is 2.43. The number of nitrogens with one attached hydrogen (secondary N) is 1. The van der Waals surface area contributed by atoms with Gasteiger partial charge in [-0.15, -0.1) is 0 Å². The molecule has 1 amide bonds. The number of rotatable bonds is 3. The van der Waals surface area contributed by atoms with Gasteiger partial charge in [-0.3, -0.25) is 4.79 Å². The first-order valence-corrected chi connectivity index (χ1v) is 5.89. The van der Waals surface area contributed by atoms with Crippen LogP contribution in [0.25, 0.3) is 0 Å². The summed E-state index contributed by atoms with van der Waals surface area (Å²) in [5.41, 5.74) is 0.665. The van der Waals surface area contributed by atoms with Gasteiger partial charge in [0.05, 0.1) is 14.2 Å². The Morgan fingerprint density at radius 1 is 1.26 bits per heavy atom. The van der Waals surface area contributed by atoms with Crippen LogP contribution in [0.3, 0.4) is 0 Å². The van der Waals surface area contributed by atoms with Crippen molar-refractivity contribution in [2.24, 2.45) is 0 Å². The molecule has 100 valence electrons. The van der Waals surface area contributed by atoms with E-state index in [2.05, 4.69) is 10.1 Å². The van der Waals surface area contributed by atoms with Gasteiger partial charge in [0.25, 0.3) is 5.91 Å². The van der Waals surface area contributed by atoms with Gasteiger partial charge in [0, 0.05) is 5.02 Å². The van der Waals surface area contributed by atoms with E-state index in [1.165, 1.54) is 14.2 Å². The molecular formula is C13H12ClNO4. The maximum Gasteiger partial charge on any atom is 0.347 e. The molecule has 5 nitrogen and oxygen atoms in total. The fourth-order valence-corrected chi connectivity index (χ4v) is 2.06. The van der Waals surface area contributed by atoms with Crippen LogP contribution in [0.2, 0.25) is 5.02 Å². The number of hydrogen-bond donors (Lipinski definition) is 1. The third-order valence-electron chi connectivity index (χ3n) is 2.82. The second kappa shape index (κ2) is 5.32. The molecular weight excluding hydrogens is 270 g/mol. The number of carbonyl (C=O) groups is 2. The Morgan fingerprint density at radius 2 is 1.89 bits per heavy atom. The molecule has 1 heterocycles. The van der Waals surface area contributed by atoms with Crippen molar-refractivity contribution < 1.29 is 19.1 Å². The largest absolute Gasteiger partial charge is 0.497 e. The summed E-state index contributed by atoms with van der Waals surface area (Å²) < 4.78 is 9.76. The first-order chi connectivity index (χ1) is 9.08. The fourth-order valence-electron chi connectivity index (χ4n) is 1.93. The van der Waals surface area contributed by atoms with Crippen LogP contribution in [0.15, 0.2) is 35.6 Å². The maximum atomic E-state index is 11.8. The molecule has 0 aliphatic carbocycles. The van der Waals surface area contributed by atoms with Gasteiger partial charge in [-0.25, -0.2) is 4.79 Å². The summed E-state index contributed by atoms with van der Waals surface area (Å²) in [5.74, 6) is -0.978. The van der Waals surface area contributed by atoms with Crippen LogP contribution in [-0.4, -0.2) is 26.1 Å². The quantitative estimate of drug-likeness (QED) is 0.675. The number of carbonyl (C=O) groups excluding carboxylic acids is 2. The van der Waals surface area contributed by atoms with Crippen molar-refractivity contribution >= 4 is 23.5 Å². The van der Waals surface area contributed by atoms with Gasteiger partial charge < -0.3 is 14.8 Å². The lowest BCUT2D eigenvalue weighted by Gasteiger charge is -2.14. The van der Waals surface area contributed by atoms with E-state index in [0.29, 0.717) is 5.02 Å². The van der Waals surface area contributed by atoms with Gasteiger partial charge in [0.2, 0.25) is 0 Å². The van der Waals surface area contributed by atoms with Crippen LogP contribution in [0.1, 0.15) is 11.6 Å². The molecule has 1 unspecified atom stereocenters. The molecule has 0 aromatic heterocycles. The smallest absolute Gasteiger partial charge is 0.347 e. The zero-order valence-corrected chi connectivity index (χ0v) is 11.2. The Kier molecular flexibility index (Phi) is 3.76. The summed E-state index contributed by atoms with van der Waals surface area (Å²) in [6.45, 7) is 0.